The zero-order chi connectivity index (χ0) is 26.2. The molecule has 1 atom stereocenters. The van der Waals surface area contributed by atoms with Crippen LogP contribution in [0.4, 0.5) is 20.6 Å². The van der Waals surface area contributed by atoms with Gasteiger partial charge in [-0.3, -0.25) is 19.8 Å². The number of rotatable bonds is 8. The van der Waals surface area contributed by atoms with Gasteiger partial charge in [0.25, 0.3) is 5.91 Å². The second-order valence-electron chi connectivity index (χ2n) is 8.83. The minimum absolute atomic E-state index is 0.0129. The maximum atomic E-state index is 14.2. The molecule has 3 amide bonds. The number of hydrogen-bond donors (Lipinski definition) is 2. The molecule has 0 fully saturated rings. The van der Waals surface area contributed by atoms with E-state index in [0.717, 1.165) is 23.1 Å². The lowest BCUT2D eigenvalue weighted by Crippen LogP contribution is -2.27. The third kappa shape index (κ3) is 6.71. The van der Waals surface area contributed by atoms with Crippen molar-refractivity contribution >= 4 is 29.0 Å². The van der Waals surface area contributed by atoms with Gasteiger partial charge in [0.15, 0.2) is 0 Å². The quantitative estimate of drug-likeness (QED) is 0.426. The highest BCUT2D eigenvalue weighted by Crippen LogP contribution is 2.25. The topological polar surface area (TPSA) is 99.6 Å². The number of hydrogen-bond acceptors (Lipinski definition) is 5. The highest BCUT2D eigenvalue weighted by Gasteiger charge is 2.19. The highest BCUT2D eigenvalue weighted by molar-refractivity contribution is 6.49. The van der Waals surface area contributed by atoms with Crippen molar-refractivity contribution in [2.45, 2.75) is 27.2 Å². The van der Waals surface area contributed by atoms with Gasteiger partial charge in [-0.25, -0.2) is 9.18 Å². The highest BCUT2D eigenvalue weighted by atomic mass is 19.1. The molecule has 9 heteroatoms. The maximum absolute atomic E-state index is 14.2. The number of amides is 3. The van der Waals surface area contributed by atoms with Gasteiger partial charge in [0, 0.05) is 44.2 Å². The molecule has 188 valence electrons. The van der Waals surface area contributed by atoms with Crippen LogP contribution >= 0.6 is 0 Å². The number of pyridine rings is 2. The Hall–Kier alpha value is -4.14. The summed E-state index contributed by atoms with van der Waals surface area (Å²) in [7, 11) is 3.31. The Morgan fingerprint density at radius 2 is 1.83 bits per heavy atom. The van der Waals surface area contributed by atoms with E-state index >= 15 is 0 Å². The SMILES string of the molecule is CCC(C)CN=C(C(=O)Nc1cnccc1F)c1cc(-c2cncc(NC(=O)N(C)C)c2)ccc1C. The molecule has 36 heavy (non-hydrogen) atoms. The molecular weight excluding hydrogens is 459 g/mol. The number of benzene rings is 1. The Morgan fingerprint density at radius 3 is 2.53 bits per heavy atom. The number of anilines is 2. The molecule has 1 aromatic carbocycles. The van der Waals surface area contributed by atoms with Crippen LogP contribution in [0, 0.1) is 18.7 Å². The largest absolute Gasteiger partial charge is 0.331 e. The molecule has 2 N–H and O–H groups in total. The molecule has 0 aliphatic carbocycles. The first-order valence-electron chi connectivity index (χ1n) is 11.7. The summed E-state index contributed by atoms with van der Waals surface area (Å²) in [5.41, 5.74) is 3.76. The van der Waals surface area contributed by atoms with Gasteiger partial charge >= 0.3 is 6.03 Å². The number of carbonyl (C=O) groups is 2. The second-order valence-corrected chi connectivity index (χ2v) is 8.83. The van der Waals surface area contributed by atoms with Gasteiger partial charge in [-0.05, 0) is 42.2 Å². The molecular formula is C27H31FN6O2. The molecule has 0 aliphatic heterocycles. The third-order valence-corrected chi connectivity index (χ3v) is 5.71. The van der Waals surface area contributed by atoms with Crippen LogP contribution in [0.25, 0.3) is 11.1 Å². The van der Waals surface area contributed by atoms with Crippen LogP contribution in [-0.2, 0) is 4.79 Å². The summed E-state index contributed by atoms with van der Waals surface area (Å²) < 4.78 is 14.2. The summed E-state index contributed by atoms with van der Waals surface area (Å²) in [5.74, 6) is -0.823. The number of nitrogens with one attached hydrogen (secondary N) is 2. The van der Waals surface area contributed by atoms with Gasteiger partial charge in [0.05, 0.1) is 23.8 Å². The summed E-state index contributed by atoms with van der Waals surface area (Å²) in [6.07, 6.45) is 6.74. The molecule has 8 nitrogen and oxygen atoms in total. The zero-order valence-corrected chi connectivity index (χ0v) is 21.2. The second kappa shape index (κ2) is 12.0. The number of aliphatic imine (C=N–C) groups is 1. The Morgan fingerprint density at radius 1 is 1.06 bits per heavy atom. The summed E-state index contributed by atoms with van der Waals surface area (Å²) in [6.45, 7) is 6.46. The fraction of sp³-hybridized carbons (Fsp3) is 0.296. The predicted octanol–water partition coefficient (Wildman–Crippen LogP) is 5.16. The lowest BCUT2D eigenvalue weighted by Gasteiger charge is -2.15. The van der Waals surface area contributed by atoms with Gasteiger partial charge in [-0.15, -0.1) is 0 Å². The number of nitrogens with zero attached hydrogens (tertiary/aromatic N) is 4. The van der Waals surface area contributed by atoms with Crippen LogP contribution in [0.5, 0.6) is 0 Å². The Labute approximate surface area is 210 Å². The molecule has 3 rings (SSSR count). The van der Waals surface area contributed by atoms with E-state index in [1.807, 2.05) is 31.2 Å². The van der Waals surface area contributed by atoms with Gasteiger partial charge in [0.2, 0.25) is 0 Å². The van der Waals surface area contributed by atoms with Crippen LogP contribution in [0.2, 0.25) is 0 Å². The van der Waals surface area contributed by atoms with Crippen molar-refractivity contribution in [3.8, 4) is 11.1 Å². The molecule has 0 bridgehead atoms. The molecule has 0 aliphatic rings. The monoisotopic (exact) mass is 490 g/mol. The fourth-order valence-electron chi connectivity index (χ4n) is 3.26. The van der Waals surface area contributed by atoms with E-state index in [1.165, 1.54) is 23.4 Å². The normalized spacial score (nSPS) is 12.1. The minimum Gasteiger partial charge on any atom is -0.331 e. The van der Waals surface area contributed by atoms with Gasteiger partial charge < -0.3 is 15.5 Å². The zero-order valence-electron chi connectivity index (χ0n) is 21.2. The van der Waals surface area contributed by atoms with Crippen LogP contribution in [0.3, 0.4) is 0 Å². The molecule has 0 saturated heterocycles. The van der Waals surface area contributed by atoms with Crippen molar-refractivity contribution in [2.24, 2.45) is 10.9 Å². The Balaban J connectivity index is 2.00. The van der Waals surface area contributed by atoms with Crippen LogP contribution in [-0.4, -0.2) is 53.2 Å². The molecule has 2 heterocycles. The average molecular weight is 491 g/mol. The van der Waals surface area contributed by atoms with Gasteiger partial charge in [-0.1, -0.05) is 32.4 Å². The molecule has 3 aromatic rings. The molecule has 1 unspecified atom stereocenters. The van der Waals surface area contributed by atoms with Crippen LogP contribution < -0.4 is 10.6 Å². The first kappa shape index (κ1) is 26.5. The minimum atomic E-state index is -0.576. The van der Waals surface area contributed by atoms with Crippen LogP contribution in [0.1, 0.15) is 31.4 Å². The van der Waals surface area contributed by atoms with E-state index in [4.69, 9.17) is 0 Å². The average Bonchev–Trinajstić information content (AvgIpc) is 2.86. The molecule has 0 radical (unpaired) electrons. The molecule has 0 saturated carbocycles. The maximum Gasteiger partial charge on any atom is 0.321 e. The van der Waals surface area contributed by atoms with Gasteiger partial charge in [0.1, 0.15) is 11.5 Å². The first-order chi connectivity index (χ1) is 17.2. The molecule has 0 spiro atoms. The van der Waals surface area contributed by atoms with Crippen LogP contribution in [0.15, 0.2) is 60.1 Å². The third-order valence-electron chi connectivity index (χ3n) is 5.71. The van der Waals surface area contributed by atoms with E-state index in [0.29, 0.717) is 17.8 Å². The lowest BCUT2D eigenvalue weighted by atomic mass is 9.97. The fourth-order valence-corrected chi connectivity index (χ4v) is 3.26. The number of urea groups is 1. The van der Waals surface area contributed by atoms with Crippen molar-refractivity contribution in [3.05, 3.63) is 72.1 Å². The summed E-state index contributed by atoms with van der Waals surface area (Å²) >= 11 is 0. The Kier molecular flexibility index (Phi) is 8.83. The number of carbonyl (C=O) groups excluding carboxylic acids is 2. The summed E-state index contributed by atoms with van der Waals surface area (Å²) in [4.78, 5) is 39.6. The van der Waals surface area contributed by atoms with Crippen molar-refractivity contribution in [2.75, 3.05) is 31.3 Å². The van der Waals surface area contributed by atoms with E-state index < -0.39 is 11.7 Å². The van der Waals surface area contributed by atoms with Gasteiger partial charge in [-0.2, -0.15) is 0 Å². The number of aryl methyl sites for hydroxylation is 1. The van der Waals surface area contributed by atoms with E-state index in [2.05, 4.69) is 39.4 Å². The van der Waals surface area contributed by atoms with E-state index in [1.54, 1.807) is 26.5 Å². The van der Waals surface area contributed by atoms with E-state index in [-0.39, 0.29) is 23.3 Å². The summed E-state index contributed by atoms with van der Waals surface area (Å²) in [5, 5.41) is 5.39. The summed E-state index contributed by atoms with van der Waals surface area (Å²) in [6, 6.07) is 8.40. The first-order valence-corrected chi connectivity index (χ1v) is 11.7. The smallest absolute Gasteiger partial charge is 0.321 e. The van der Waals surface area contributed by atoms with E-state index in [9.17, 15) is 14.0 Å². The molecule has 2 aromatic heterocycles. The Bertz CT molecular complexity index is 1270. The number of aromatic nitrogens is 2. The standard InChI is InChI=1S/C27H31FN6O2/c1-6-17(2)13-31-25(26(35)33-24-16-29-10-9-23(24)28)22-12-19(8-7-18(22)3)20-11-21(15-30-14-20)32-27(36)34(4)5/h7-12,14-17H,6,13H2,1-5H3,(H,32,36)(H,33,35). The number of halogens is 1. The van der Waals surface area contributed by atoms with Crippen molar-refractivity contribution in [3.63, 3.8) is 0 Å². The van der Waals surface area contributed by atoms with Crippen molar-refractivity contribution in [1.29, 1.82) is 0 Å². The van der Waals surface area contributed by atoms with Crippen molar-refractivity contribution < 1.29 is 14.0 Å². The predicted molar refractivity (Wildman–Crippen MR) is 141 cm³/mol. The lowest BCUT2D eigenvalue weighted by molar-refractivity contribution is -0.110. The van der Waals surface area contributed by atoms with Crippen molar-refractivity contribution in [1.82, 2.24) is 14.9 Å².